The van der Waals surface area contributed by atoms with Gasteiger partial charge in [0.05, 0.1) is 10.6 Å². The fraction of sp³-hybridized carbons (Fsp3) is 0.333. The lowest BCUT2D eigenvalue weighted by molar-refractivity contribution is -0.141. The number of benzene rings is 1. The van der Waals surface area contributed by atoms with Crippen LogP contribution in [0.25, 0.3) is 0 Å². The molecule has 0 spiro atoms. The summed E-state index contributed by atoms with van der Waals surface area (Å²) in [4.78, 5) is 12.0. The minimum atomic E-state index is -4.46. The van der Waals surface area contributed by atoms with Crippen molar-refractivity contribution in [3.8, 4) is 0 Å². The van der Waals surface area contributed by atoms with E-state index < -0.39 is 17.8 Å². The van der Waals surface area contributed by atoms with Crippen LogP contribution < -0.4 is 5.32 Å². The Morgan fingerprint density at radius 1 is 1.29 bits per heavy atom. The molecule has 2 rings (SSSR count). The summed E-state index contributed by atoms with van der Waals surface area (Å²) < 4.78 is 39.0. The Balaban J connectivity index is 1.88. The summed E-state index contributed by atoms with van der Waals surface area (Å²) in [6, 6.07) is 5.53. The molecule has 1 heterocycles. The minimum absolute atomic E-state index is 0.249. The summed E-state index contributed by atoms with van der Waals surface area (Å²) in [6.45, 7) is 2.07. The van der Waals surface area contributed by atoms with Crippen molar-refractivity contribution < 1.29 is 18.0 Å². The third-order valence-electron chi connectivity index (χ3n) is 3.28. The fourth-order valence-corrected chi connectivity index (χ4v) is 2.45. The number of hydrogen-bond donors (Lipinski definition) is 1. The van der Waals surface area contributed by atoms with Crippen molar-refractivity contribution >= 4 is 29.1 Å². The summed E-state index contributed by atoms with van der Waals surface area (Å²) >= 11 is 11.7. The third kappa shape index (κ3) is 4.64. The van der Waals surface area contributed by atoms with E-state index in [0.717, 1.165) is 6.07 Å². The summed E-state index contributed by atoms with van der Waals surface area (Å²) in [5, 5.41) is 6.83. The predicted octanol–water partition coefficient (Wildman–Crippen LogP) is 4.34. The minimum Gasteiger partial charge on any atom is -0.352 e. The molecule has 0 fully saturated rings. The molecular weight excluding hydrogens is 366 g/mol. The molecule has 0 aliphatic heterocycles. The van der Waals surface area contributed by atoms with E-state index in [1.54, 1.807) is 13.0 Å². The van der Waals surface area contributed by atoms with E-state index in [2.05, 4.69) is 10.4 Å². The van der Waals surface area contributed by atoms with Gasteiger partial charge in [0.15, 0.2) is 5.69 Å². The molecule has 1 aromatic heterocycles. The van der Waals surface area contributed by atoms with Crippen LogP contribution in [0.4, 0.5) is 13.2 Å². The lowest BCUT2D eigenvalue weighted by Crippen LogP contribution is -2.25. The van der Waals surface area contributed by atoms with Gasteiger partial charge in [-0.3, -0.25) is 9.48 Å². The van der Waals surface area contributed by atoms with E-state index in [-0.39, 0.29) is 23.7 Å². The number of nitrogens with one attached hydrogen (secondary N) is 1. The first-order valence-electron chi connectivity index (χ1n) is 7.03. The van der Waals surface area contributed by atoms with Crippen LogP contribution in [-0.4, -0.2) is 22.2 Å². The first kappa shape index (κ1) is 18.6. The maximum absolute atomic E-state index is 12.6. The second-order valence-electron chi connectivity index (χ2n) is 5.13. The van der Waals surface area contributed by atoms with Crippen molar-refractivity contribution in [1.82, 2.24) is 15.1 Å². The van der Waals surface area contributed by atoms with Crippen LogP contribution in [0, 0.1) is 6.92 Å². The highest BCUT2D eigenvalue weighted by Crippen LogP contribution is 2.28. The van der Waals surface area contributed by atoms with E-state index in [4.69, 9.17) is 23.2 Å². The van der Waals surface area contributed by atoms with E-state index in [0.29, 0.717) is 17.1 Å². The van der Waals surface area contributed by atoms with Crippen LogP contribution in [0.3, 0.4) is 0 Å². The topological polar surface area (TPSA) is 46.9 Å². The average Bonchev–Trinajstić information content (AvgIpc) is 2.87. The zero-order chi connectivity index (χ0) is 17.9. The molecule has 9 heteroatoms. The van der Waals surface area contributed by atoms with Crippen LogP contribution in [0.2, 0.25) is 10.0 Å². The summed E-state index contributed by atoms with van der Waals surface area (Å²) in [5.41, 5.74) is -0.264. The van der Waals surface area contributed by atoms with Crippen molar-refractivity contribution in [1.29, 1.82) is 0 Å². The molecule has 1 amide bonds. The number of rotatable bonds is 5. The van der Waals surface area contributed by atoms with Gasteiger partial charge >= 0.3 is 6.18 Å². The molecule has 0 aliphatic carbocycles. The van der Waals surface area contributed by atoms with Crippen LogP contribution in [0.1, 0.15) is 28.2 Å². The van der Waals surface area contributed by atoms with E-state index in [1.165, 1.54) is 16.8 Å². The molecule has 0 radical (unpaired) electrons. The molecule has 0 saturated carbocycles. The number of aryl methyl sites for hydroxylation is 2. The molecule has 0 unspecified atom stereocenters. The van der Waals surface area contributed by atoms with Crippen molar-refractivity contribution in [2.75, 3.05) is 6.54 Å². The Kier molecular flexibility index (Phi) is 5.77. The van der Waals surface area contributed by atoms with E-state index in [1.807, 2.05) is 0 Å². The average molecular weight is 380 g/mol. The van der Waals surface area contributed by atoms with Gasteiger partial charge in [-0.2, -0.15) is 18.3 Å². The number of hydrogen-bond acceptors (Lipinski definition) is 2. The number of carbonyl (C=O) groups is 1. The molecule has 0 saturated heterocycles. The molecule has 2 aromatic rings. The Morgan fingerprint density at radius 3 is 2.62 bits per heavy atom. The van der Waals surface area contributed by atoms with Crippen LogP contribution in [0.5, 0.6) is 0 Å². The largest absolute Gasteiger partial charge is 0.435 e. The number of halogens is 5. The predicted molar refractivity (Wildman–Crippen MR) is 85.4 cm³/mol. The van der Waals surface area contributed by atoms with Gasteiger partial charge in [0.2, 0.25) is 0 Å². The van der Waals surface area contributed by atoms with Crippen molar-refractivity contribution in [2.24, 2.45) is 0 Å². The molecular formula is C15H14Cl2F3N3O. The van der Waals surface area contributed by atoms with E-state index >= 15 is 0 Å². The van der Waals surface area contributed by atoms with Crippen molar-refractivity contribution in [2.45, 2.75) is 26.1 Å². The van der Waals surface area contributed by atoms with Gasteiger partial charge in [-0.05, 0) is 37.6 Å². The smallest absolute Gasteiger partial charge is 0.352 e. The molecule has 4 nitrogen and oxygen atoms in total. The number of amides is 1. The number of nitrogens with zero attached hydrogens (tertiary/aromatic N) is 2. The first-order valence-corrected chi connectivity index (χ1v) is 7.79. The fourth-order valence-electron chi connectivity index (χ4n) is 2.07. The zero-order valence-corrected chi connectivity index (χ0v) is 14.1. The van der Waals surface area contributed by atoms with Crippen LogP contribution in [0.15, 0.2) is 24.3 Å². The monoisotopic (exact) mass is 379 g/mol. The lowest BCUT2D eigenvalue weighted by Gasteiger charge is -2.08. The molecule has 0 bridgehead atoms. The summed E-state index contributed by atoms with van der Waals surface area (Å²) in [7, 11) is 0. The maximum Gasteiger partial charge on any atom is 0.435 e. The van der Waals surface area contributed by atoms with Gasteiger partial charge in [0, 0.05) is 23.8 Å². The Hall–Kier alpha value is -1.73. The highest BCUT2D eigenvalue weighted by atomic mass is 35.5. The zero-order valence-electron chi connectivity index (χ0n) is 12.6. The van der Waals surface area contributed by atoms with Crippen LogP contribution in [-0.2, 0) is 12.7 Å². The molecule has 130 valence electrons. The van der Waals surface area contributed by atoms with Crippen molar-refractivity contribution in [3.63, 3.8) is 0 Å². The number of carbonyl (C=O) groups excluding carboxylic acids is 1. The SMILES string of the molecule is Cc1cc(C(F)(F)F)nn1CCCNC(=O)c1cc(Cl)ccc1Cl. The van der Waals surface area contributed by atoms with Crippen LogP contribution >= 0.6 is 23.2 Å². The molecule has 0 atom stereocenters. The van der Waals surface area contributed by atoms with Gasteiger partial charge in [0.1, 0.15) is 0 Å². The Labute approximate surface area is 146 Å². The summed E-state index contributed by atoms with van der Waals surface area (Å²) in [6.07, 6.45) is -4.04. The highest BCUT2D eigenvalue weighted by Gasteiger charge is 2.34. The second-order valence-corrected chi connectivity index (χ2v) is 5.97. The number of alkyl halides is 3. The van der Waals surface area contributed by atoms with Crippen molar-refractivity contribution in [3.05, 3.63) is 51.3 Å². The highest BCUT2D eigenvalue weighted by molar-refractivity contribution is 6.35. The Bertz CT molecular complexity index is 744. The lowest BCUT2D eigenvalue weighted by atomic mass is 10.2. The van der Waals surface area contributed by atoms with Gasteiger partial charge in [0.25, 0.3) is 5.91 Å². The summed E-state index contributed by atoms with van der Waals surface area (Å²) in [5.74, 6) is -0.393. The quantitative estimate of drug-likeness (QED) is 0.785. The number of aromatic nitrogens is 2. The van der Waals surface area contributed by atoms with Gasteiger partial charge < -0.3 is 5.32 Å². The first-order chi connectivity index (χ1) is 11.2. The second kappa shape index (κ2) is 7.44. The van der Waals surface area contributed by atoms with Gasteiger partial charge in [-0.25, -0.2) is 0 Å². The van der Waals surface area contributed by atoms with E-state index in [9.17, 15) is 18.0 Å². The molecule has 24 heavy (non-hydrogen) atoms. The maximum atomic E-state index is 12.6. The molecule has 1 N–H and O–H groups in total. The third-order valence-corrected chi connectivity index (χ3v) is 3.84. The molecule has 1 aromatic carbocycles. The van der Waals surface area contributed by atoms with Gasteiger partial charge in [-0.1, -0.05) is 23.2 Å². The van der Waals surface area contributed by atoms with Gasteiger partial charge in [-0.15, -0.1) is 0 Å². The normalized spacial score (nSPS) is 11.6. The Morgan fingerprint density at radius 2 is 2.00 bits per heavy atom. The molecule has 0 aliphatic rings. The standard InChI is InChI=1S/C15H14Cl2F3N3O/c1-9-7-13(15(18,19)20)22-23(9)6-2-5-21-14(24)11-8-10(16)3-4-12(11)17/h3-4,7-8H,2,5-6H2,1H3,(H,21,24).